The van der Waals surface area contributed by atoms with Crippen LogP contribution in [0.4, 0.5) is 11.8 Å². The van der Waals surface area contributed by atoms with Gasteiger partial charge >= 0.3 is 14.1 Å². The molecule has 15 nitrogen and oxygen atoms in total. The third-order valence-corrected chi connectivity index (χ3v) is 8.42. The number of nitrogens with two attached hydrogens (primary N) is 1. The van der Waals surface area contributed by atoms with Gasteiger partial charge in [0.15, 0.2) is 38.8 Å². The standard InChI is InChI=1S/C25H27IN7O8P/c1-11(21(35)36)32-42(38)41-17-13-7-5-4-6-12(13)8-9-14(17)39-10-15-18(34)25(2,37)22(40-15)33-20-16(29-23(33)26)19(28-3)30-24(27)31-20/h4-9,11,15,18,22,34,37H,10H2,1-3H3,(H,35,36)(H3,27,28,30,31)/t11?,15-,18-,22-,25-/m1/s1. The first-order chi connectivity index (χ1) is 19.9. The lowest BCUT2D eigenvalue weighted by Gasteiger charge is -2.27. The van der Waals surface area contributed by atoms with Crippen molar-refractivity contribution in [1.29, 1.82) is 0 Å². The minimum absolute atomic E-state index is 0.0193. The summed E-state index contributed by atoms with van der Waals surface area (Å²) < 4.78 is 23.3. The van der Waals surface area contributed by atoms with Gasteiger partial charge in [-0.3, -0.25) is 9.09 Å². The third kappa shape index (κ3) is 5.52. The SMILES string of the molecule is CNc1nc(N)nc2c1nc(I)n2[C@@H]1O[C@H](COc2ccc3ccccc3c2O[P+]([O-])=NC(C)C(=O)O)[C@@H](O)[C@@]1(C)O. The number of anilines is 2. The Bertz CT molecular complexity index is 1700. The molecule has 1 saturated heterocycles. The van der Waals surface area contributed by atoms with Gasteiger partial charge in [-0.1, -0.05) is 35.1 Å². The van der Waals surface area contributed by atoms with E-state index in [1.807, 2.05) is 34.7 Å². The van der Waals surface area contributed by atoms with Gasteiger partial charge in [-0.05, 0) is 25.3 Å². The van der Waals surface area contributed by atoms with E-state index in [4.69, 9.17) is 24.8 Å². The molecule has 5 rings (SSSR count). The number of aliphatic hydroxyl groups is 2. The number of fused-ring (bicyclic) bond motifs is 2. The van der Waals surface area contributed by atoms with Gasteiger partial charge in [-0.25, -0.2) is 9.78 Å². The number of hydrogen-bond donors (Lipinski definition) is 5. The summed E-state index contributed by atoms with van der Waals surface area (Å²) in [6, 6.07) is 9.20. The van der Waals surface area contributed by atoms with Crippen molar-refractivity contribution in [2.75, 3.05) is 24.7 Å². The van der Waals surface area contributed by atoms with E-state index in [1.54, 1.807) is 31.3 Å². The number of aliphatic carboxylic acids is 1. The fourth-order valence-corrected chi connectivity index (χ4v) is 6.09. The number of aliphatic hydroxyl groups excluding tert-OH is 1. The van der Waals surface area contributed by atoms with E-state index in [0.29, 0.717) is 26.2 Å². The summed E-state index contributed by atoms with van der Waals surface area (Å²) in [6.07, 6.45) is -3.58. The number of imidazole rings is 1. The molecule has 2 aromatic carbocycles. The van der Waals surface area contributed by atoms with Crippen LogP contribution < -0.4 is 25.2 Å². The van der Waals surface area contributed by atoms with Crippen LogP contribution in [0.15, 0.2) is 41.1 Å². The number of carboxylic acids is 1. The van der Waals surface area contributed by atoms with Gasteiger partial charge in [0.2, 0.25) is 11.7 Å². The Morgan fingerprint density at radius 2 is 2.07 bits per heavy atom. The highest BCUT2D eigenvalue weighted by Gasteiger charge is 2.54. The molecular weight excluding hydrogens is 684 g/mol. The largest absolute Gasteiger partial charge is 0.575 e. The first kappa shape index (κ1) is 30.1. The molecule has 0 radical (unpaired) electrons. The molecule has 2 unspecified atom stereocenters. The molecule has 1 aliphatic heterocycles. The Balaban J connectivity index is 1.45. The number of carbonyl (C=O) groups is 1. The fourth-order valence-electron chi connectivity index (χ4n) is 4.59. The number of carboxylic acid groups (broad SMARTS) is 1. The summed E-state index contributed by atoms with van der Waals surface area (Å²) in [4.78, 5) is 36.7. The van der Waals surface area contributed by atoms with Crippen LogP contribution in [0, 0.1) is 3.83 Å². The molecule has 42 heavy (non-hydrogen) atoms. The van der Waals surface area contributed by atoms with E-state index in [0.717, 1.165) is 5.39 Å². The monoisotopic (exact) mass is 711 g/mol. The molecule has 1 aliphatic rings. The van der Waals surface area contributed by atoms with Crippen LogP contribution in [0.3, 0.4) is 0 Å². The maximum atomic E-state index is 12.6. The molecule has 6 N–H and O–H groups in total. The molecule has 4 aromatic rings. The maximum absolute atomic E-state index is 12.6. The van der Waals surface area contributed by atoms with Crippen LogP contribution in [0.2, 0.25) is 0 Å². The van der Waals surface area contributed by atoms with E-state index >= 15 is 0 Å². The van der Waals surface area contributed by atoms with Crippen molar-refractivity contribution in [3.63, 3.8) is 0 Å². The first-order valence-corrected chi connectivity index (χ1v) is 14.8. The lowest BCUT2D eigenvalue weighted by Crippen LogP contribution is -2.45. The summed E-state index contributed by atoms with van der Waals surface area (Å²) in [7, 11) is -1.11. The third-order valence-electron chi connectivity index (χ3n) is 6.78. The Morgan fingerprint density at radius 1 is 1.33 bits per heavy atom. The number of rotatable bonds is 9. The van der Waals surface area contributed by atoms with Gasteiger partial charge < -0.3 is 40.7 Å². The molecule has 3 heterocycles. The second-order valence-corrected chi connectivity index (χ2v) is 11.5. The summed E-state index contributed by atoms with van der Waals surface area (Å²) in [5.74, 6) is -0.653. The number of halogens is 1. The van der Waals surface area contributed by atoms with Crippen LogP contribution in [0.1, 0.15) is 20.1 Å². The van der Waals surface area contributed by atoms with Crippen LogP contribution in [-0.4, -0.2) is 78.3 Å². The topological polar surface area (TPSA) is 223 Å². The predicted molar refractivity (Wildman–Crippen MR) is 159 cm³/mol. The summed E-state index contributed by atoms with van der Waals surface area (Å²) in [6.45, 7) is 2.46. The van der Waals surface area contributed by atoms with Gasteiger partial charge in [0.1, 0.15) is 24.4 Å². The average Bonchev–Trinajstić information content (AvgIpc) is 3.38. The zero-order chi connectivity index (χ0) is 30.3. The van der Waals surface area contributed by atoms with E-state index in [2.05, 4.69) is 25.0 Å². The molecule has 0 saturated carbocycles. The molecule has 0 bridgehead atoms. The second kappa shape index (κ2) is 11.7. The normalized spacial score (nSPS) is 23.3. The molecule has 17 heteroatoms. The van der Waals surface area contributed by atoms with Crippen molar-refractivity contribution in [3.8, 4) is 11.5 Å². The van der Waals surface area contributed by atoms with Crippen molar-refractivity contribution in [2.24, 2.45) is 4.74 Å². The van der Waals surface area contributed by atoms with Crippen LogP contribution in [0.5, 0.6) is 11.5 Å². The highest BCUT2D eigenvalue weighted by Crippen LogP contribution is 2.43. The van der Waals surface area contributed by atoms with Gasteiger partial charge in [0.25, 0.3) is 0 Å². The highest BCUT2D eigenvalue weighted by atomic mass is 127. The Morgan fingerprint density at radius 3 is 2.79 bits per heavy atom. The van der Waals surface area contributed by atoms with Crippen molar-refractivity contribution in [3.05, 3.63) is 40.2 Å². The van der Waals surface area contributed by atoms with E-state index in [9.17, 15) is 19.9 Å². The smallest absolute Gasteiger partial charge is 0.395 e. The van der Waals surface area contributed by atoms with Crippen molar-refractivity contribution >= 4 is 70.4 Å². The minimum Gasteiger partial charge on any atom is -0.575 e. The van der Waals surface area contributed by atoms with Gasteiger partial charge in [0, 0.05) is 35.0 Å². The quantitative estimate of drug-likeness (QED) is 0.0954. The van der Waals surface area contributed by atoms with Crippen LogP contribution >= 0.6 is 30.8 Å². The number of ether oxygens (including phenoxy) is 2. The Labute approximate surface area is 253 Å². The second-order valence-electron chi connectivity index (χ2n) is 9.68. The molecule has 6 atom stereocenters. The fraction of sp³-hybridized carbons (Fsp3) is 0.360. The van der Waals surface area contributed by atoms with Gasteiger partial charge in [0.05, 0.1) is 0 Å². The van der Waals surface area contributed by atoms with Gasteiger partial charge in [-0.15, -0.1) is 0 Å². The highest BCUT2D eigenvalue weighted by molar-refractivity contribution is 14.1. The lowest BCUT2D eigenvalue weighted by molar-refractivity contribution is -0.169. The zero-order valence-electron chi connectivity index (χ0n) is 22.5. The van der Waals surface area contributed by atoms with E-state index in [1.165, 1.54) is 18.4 Å². The lowest BCUT2D eigenvalue weighted by atomic mass is 9.96. The molecular formula is C25H27IN7O8P. The summed E-state index contributed by atoms with van der Waals surface area (Å²) >= 11 is 1.97. The minimum atomic E-state index is -2.77. The van der Waals surface area contributed by atoms with Gasteiger partial charge in [-0.2, -0.15) is 9.97 Å². The van der Waals surface area contributed by atoms with E-state index in [-0.39, 0.29) is 24.1 Å². The summed E-state index contributed by atoms with van der Waals surface area (Å²) in [5, 5.41) is 35.8. The summed E-state index contributed by atoms with van der Waals surface area (Å²) in [5.41, 5.74) is 4.78. The van der Waals surface area contributed by atoms with Crippen molar-refractivity contribution in [2.45, 2.75) is 43.9 Å². The number of nitrogens with zero attached hydrogens (tertiary/aromatic N) is 5. The van der Waals surface area contributed by atoms with Crippen molar-refractivity contribution in [1.82, 2.24) is 19.5 Å². The average molecular weight is 711 g/mol. The Kier molecular flexibility index (Phi) is 8.37. The number of benzene rings is 2. The zero-order valence-corrected chi connectivity index (χ0v) is 25.6. The number of nitrogen functional groups attached to an aromatic ring is 1. The predicted octanol–water partition coefficient (Wildman–Crippen LogP) is 2.00. The first-order valence-electron chi connectivity index (χ1n) is 12.6. The van der Waals surface area contributed by atoms with Crippen LogP contribution in [0.25, 0.3) is 21.9 Å². The molecule has 1 fully saturated rings. The molecule has 0 spiro atoms. The molecule has 2 aromatic heterocycles. The number of hydrogen-bond acceptors (Lipinski definition) is 13. The van der Waals surface area contributed by atoms with E-state index < -0.39 is 44.2 Å². The van der Waals surface area contributed by atoms with Crippen LogP contribution in [-0.2, 0) is 9.53 Å². The molecule has 0 aliphatic carbocycles. The molecule has 0 amide bonds. The Hall–Kier alpha value is -3.41. The number of nitrogens with one attached hydrogen (secondary N) is 1. The maximum Gasteiger partial charge on any atom is 0.395 e. The number of aromatic nitrogens is 4. The molecule has 222 valence electrons. The van der Waals surface area contributed by atoms with Crippen molar-refractivity contribution < 1.29 is 39.0 Å².